The van der Waals surface area contributed by atoms with E-state index in [0.29, 0.717) is 35.2 Å². The Kier molecular flexibility index (Phi) is 5.16. The summed E-state index contributed by atoms with van der Waals surface area (Å²) in [7, 11) is 0. The molecule has 0 radical (unpaired) electrons. The number of aliphatic hydroxyl groups is 1. The third kappa shape index (κ3) is 3.76. The number of carbonyl (C=O) groups excluding carboxylic acids is 1. The number of aromatic nitrogens is 1. The largest absolute Gasteiger partial charge is 0.392 e. The minimum Gasteiger partial charge on any atom is -0.392 e. The average Bonchev–Trinajstić information content (AvgIpc) is 2.93. The number of hydrogen-bond acceptors (Lipinski definition) is 5. The van der Waals surface area contributed by atoms with Gasteiger partial charge in [-0.25, -0.2) is 4.98 Å². The Morgan fingerprint density at radius 3 is 2.62 bits per heavy atom. The normalized spacial score (nSPS) is 17.0. The van der Waals surface area contributed by atoms with Crippen LogP contribution < -0.4 is 5.73 Å². The predicted molar refractivity (Wildman–Crippen MR) is 96.0 cm³/mol. The first-order valence-corrected chi connectivity index (χ1v) is 9.10. The van der Waals surface area contributed by atoms with Gasteiger partial charge in [-0.05, 0) is 37.7 Å². The topological polar surface area (TPSA) is 79.5 Å². The van der Waals surface area contributed by atoms with Crippen molar-refractivity contribution in [3.63, 3.8) is 0 Å². The highest BCUT2D eigenvalue weighted by atomic mass is 32.1. The van der Waals surface area contributed by atoms with Gasteiger partial charge in [-0.15, -0.1) is 0 Å². The maximum absolute atomic E-state index is 12.6. The van der Waals surface area contributed by atoms with Crippen LogP contribution in [0.1, 0.15) is 33.8 Å². The molecule has 1 aliphatic rings. The van der Waals surface area contributed by atoms with Crippen molar-refractivity contribution >= 4 is 22.4 Å². The molecule has 0 spiro atoms. The van der Waals surface area contributed by atoms with Crippen LogP contribution in [0, 0.1) is 12.8 Å². The molecule has 2 aromatic rings. The number of hydrogen-bond donors (Lipinski definition) is 2. The lowest BCUT2D eigenvalue weighted by Gasteiger charge is -2.34. The molecule has 1 aromatic heterocycles. The second-order valence-corrected chi connectivity index (χ2v) is 7.38. The van der Waals surface area contributed by atoms with Gasteiger partial charge in [0, 0.05) is 13.1 Å². The Bertz CT molecular complexity index is 694. The zero-order chi connectivity index (χ0) is 17.1. The van der Waals surface area contributed by atoms with Crippen molar-refractivity contribution in [2.45, 2.75) is 32.3 Å². The van der Waals surface area contributed by atoms with Crippen molar-refractivity contribution in [1.29, 1.82) is 0 Å². The van der Waals surface area contributed by atoms with Crippen molar-refractivity contribution < 1.29 is 9.90 Å². The lowest BCUT2D eigenvalue weighted by Crippen LogP contribution is -2.41. The van der Waals surface area contributed by atoms with Gasteiger partial charge in [-0.1, -0.05) is 41.7 Å². The molecule has 2 heterocycles. The highest BCUT2D eigenvalue weighted by Gasteiger charge is 2.29. The van der Waals surface area contributed by atoms with Crippen LogP contribution >= 0.6 is 11.3 Å². The van der Waals surface area contributed by atoms with E-state index in [4.69, 9.17) is 5.73 Å². The van der Waals surface area contributed by atoms with Crippen LogP contribution in [0.4, 0.5) is 5.13 Å². The number of carbonyl (C=O) groups is 1. The second-order valence-electron chi connectivity index (χ2n) is 6.35. The van der Waals surface area contributed by atoms with Gasteiger partial charge in [0.15, 0.2) is 5.13 Å². The molecule has 1 saturated heterocycles. The summed E-state index contributed by atoms with van der Waals surface area (Å²) in [4.78, 5) is 19.2. The van der Waals surface area contributed by atoms with Crippen LogP contribution in [0.3, 0.4) is 0 Å². The Morgan fingerprint density at radius 2 is 2.04 bits per heavy atom. The number of piperidine rings is 1. The standard InChI is InChI=1S/C18H23N3O2S/c1-12-16(24-18(19)20-12)17(23)21-9-7-14(8-10-21)15(22)11-13-5-3-2-4-6-13/h2-6,14-15,22H,7-11H2,1H3,(H2,19,20)/t15-/m0/s1. The molecule has 1 atom stereocenters. The summed E-state index contributed by atoms with van der Waals surface area (Å²) >= 11 is 1.25. The number of thiazole rings is 1. The molecule has 1 aliphatic heterocycles. The van der Waals surface area contributed by atoms with Crippen LogP contribution in [0.2, 0.25) is 0 Å². The summed E-state index contributed by atoms with van der Waals surface area (Å²) in [5.74, 6) is 0.250. The molecule has 24 heavy (non-hydrogen) atoms. The summed E-state index contributed by atoms with van der Waals surface area (Å²) in [6.45, 7) is 3.16. The van der Waals surface area contributed by atoms with Crippen LogP contribution in [0.15, 0.2) is 30.3 Å². The van der Waals surface area contributed by atoms with E-state index in [1.54, 1.807) is 0 Å². The molecular weight excluding hydrogens is 322 g/mol. The number of rotatable bonds is 4. The molecule has 128 valence electrons. The molecular formula is C18H23N3O2S. The average molecular weight is 345 g/mol. The highest BCUT2D eigenvalue weighted by molar-refractivity contribution is 7.17. The third-order valence-corrected chi connectivity index (χ3v) is 5.64. The number of amides is 1. The van der Waals surface area contributed by atoms with Gasteiger partial charge in [0.2, 0.25) is 0 Å². The first-order valence-electron chi connectivity index (χ1n) is 8.28. The van der Waals surface area contributed by atoms with Gasteiger partial charge in [0.05, 0.1) is 11.8 Å². The van der Waals surface area contributed by atoms with Crippen LogP contribution in [0.25, 0.3) is 0 Å². The molecule has 5 nitrogen and oxygen atoms in total. The number of anilines is 1. The quantitative estimate of drug-likeness (QED) is 0.892. The number of aryl methyl sites for hydroxylation is 1. The zero-order valence-corrected chi connectivity index (χ0v) is 14.6. The molecule has 0 saturated carbocycles. The van der Waals surface area contributed by atoms with Gasteiger partial charge < -0.3 is 15.7 Å². The number of aliphatic hydroxyl groups excluding tert-OH is 1. The molecule has 1 aromatic carbocycles. The lowest BCUT2D eigenvalue weighted by atomic mass is 9.88. The Balaban J connectivity index is 1.55. The minimum absolute atomic E-state index is 0.0118. The highest BCUT2D eigenvalue weighted by Crippen LogP contribution is 2.27. The molecule has 3 rings (SSSR count). The lowest BCUT2D eigenvalue weighted by molar-refractivity contribution is 0.0470. The van der Waals surface area contributed by atoms with Crippen molar-refractivity contribution in [1.82, 2.24) is 9.88 Å². The number of nitrogens with zero attached hydrogens (tertiary/aromatic N) is 2. The fourth-order valence-corrected chi connectivity index (χ4v) is 4.07. The molecule has 0 unspecified atom stereocenters. The predicted octanol–water partition coefficient (Wildman–Crippen LogP) is 2.49. The van der Waals surface area contributed by atoms with Gasteiger partial charge in [-0.2, -0.15) is 0 Å². The number of nitrogen functional groups attached to an aromatic ring is 1. The Hall–Kier alpha value is -1.92. The molecule has 3 N–H and O–H groups in total. The third-order valence-electron chi connectivity index (χ3n) is 4.67. The van der Waals surface area contributed by atoms with Gasteiger partial charge in [0.25, 0.3) is 5.91 Å². The van der Waals surface area contributed by atoms with Gasteiger partial charge in [0.1, 0.15) is 4.88 Å². The van der Waals surface area contributed by atoms with E-state index in [1.165, 1.54) is 11.3 Å². The van der Waals surface area contributed by atoms with Gasteiger partial charge in [-0.3, -0.25) is 4.79 Å². The molecule has 1 fully saturated rings. The maximum atomic E-state index is 12.6. The number of benzene rings is 1. The first-order chi connectivity index (χ1) is 11.5. The van der Waals surface area contributed by atoms with E-state index in [0.717, 1.165) is 18.4 Å². The zero-order valence-electron chi connectivity index (χ0n) is 13.8. The van der Waals surface area contributed by atoms with Crippen LogP contribution in [0.5, 0.6) is 0 Å². The monoisotopic (exact) mass is 345 g/mol. The van der Waals surface area contributed by atoms with E-state index < -0.39 is 0 Å². The van der Waals surface area contributed by atoms with E-state index >= 15 is 0 Å². The maximum Gasteiger partial charge on any atom is 0.265 e. The van der Waals surface area contributed by atoms with Crippen molar-refractivity contribution in [2.75, 3.05) is 18.8 Å². The fraction of sp³-hybridized carbons (Fsp3) is 0.444. The van der Waals surface area contributed by atoms with E-state index in [9.17, 15) is 9.90 Å². The van der Waals surface area contributed by atoms with Crippen molar-refractivity contribution in [2.24, 2.45) is 5.92 Å². The Morgan fingerprint density at radius 1 is 1.38 bits per heavy atom. The Labute approximate surface area is 146 Å². The summed E-state index contributed by atoms with van der Waals surface area (Å²) in [6, 6.07) is 10.0. The van der Waals surface area contributed by atoms with Crippen LogP contribution in [-0.4, -0.2) is 40.1 Å². The van der Waals surface area contributed by atoms with Crippen molar-refractivity contribution in [3.05, 3.63) is 46.5 Å². The molecule has 0 aliphatic carbocycles. The van der Waals surface area contributed by atoms with E-state index in [-0.39, 0.29) is 17.9 Å². The SMILES string of the molecule is Cc1nc(N)sc1C(=O)N1CCC([C@@H](O)Cc2ccccc2)CC1. The van der Waals surface area contributed by atoms with Crippen LogP contribution in [-0.2, 0) is 6.42 Å². The summed E-state index contributed by atoms with van der Waals surface area (Å²) in [6.07, 6.45) is 1.97. The van der Waals surface area contributed by atoms with E-state index in [1.807, 2.05) is 42.2 Å². The fourth-order valence-electron chi connectivity index (χ4n) is 3.27. The molecule has 0 bridgehead atoms. The summed E-state index contributed by atoms with van der Waals surface area (Å²) < 4.78 is 0. The summed E-state index contributed by atoms with van der Waals surface area (Å²) in [5, 5.41) is 10.9. The summed E-state index contributed by atoms with van der Waals surface area (Å²) in [5.41, 5.74) is 7.54. The second kappa shape index (κ2) is 7.32. The first kappa shape index (κ1) is 16.9. The smallest absolute Gasteiger partial charge is 0.265 e. The van der Waals surface area contributed by atoms with E-state index in [2.05, 4.69) is 4.98 Å². The molecule has 1 amide bonds. The number of likely N-dealkylation sites (tertiary alicyclic amines) is 1. The number of nitrogens with two attached hydrogens (primary N) is 1. The van der Waals surface area contributed by atoms with Gasteiger partial charge >= 0.3 is 0 Å². The van der Waals surface area contributed by atoms with Crippen molar-refractivity contribution in [3.8, 4) is 0 Å². The molecule has 6 heteroatoms. The minimum atomic E-state index is -0.356.